The molecule has 0 spiro atoms. The second-order valence-electron chi connectivity index (χ2n) is 8.54. The fourth-order valence-electron chi connectivity index (χ4n) is 6.46. The van der Waals surface area contributed by atoms with Crippen LogP contribution in [-0.2, 0) is 9.59 Å². The Hall–Kier alpha value is -0.260. The zero-order valence-electron chi connectivity index (χ0n) is 14.5. The number of carbonyl (C=O) groups excluding carboxylic acids is 2. The van der Waals surface area contributed by atoms with Crippen LogP contribution in [-0.4, -0.2) is 22.8 Å². The number of carbonyl (C=O) groups is 2. The number of rotatable bonds is 0. The van der Waals surface area contributed by atoms with Crippen LogP contribution in [0.15, 0.2) is 11.6 Å². The van der Waals surface area contributed by atoms with Gasteiger partial charge in [-0.1, -0.05) is 19.4 Å². The monoisotopic (exact) mass is 368 g/mol. The molecule has 0 aromatic heterocycles. The van der Waals surface area contributed by atoms with E-state index in [1.807, 2.05) is 6.08 Å². The minimum absolute atomic E-state index is 0.0385. The SMILES string of the molecule is CC12CC(O)C3C(CCC4=CC(=O)CCC43C)C1CCC2=O.SS. The van der Waals surface area contributed by atoms with E-state index in [0.717, 1.165) is 25.7 Å². The largest absolute Gasteiger partial charge is 0.393 e. The van der Waals surface area contributed by atoms with Crippen LogP contribution in [0.25, 0.3) is 0 Å². The predicted octanol–water partition coefficient (Wildman–Crippen LogP) is 3.82. The summed E-state index contributed by atoms with van der Waals surface area (Å²) >= 11 is 6.44. The molecule has 4 rings (SSSR count). The van der Waals surface area contributed by atoms with Crippen LogP contribution in [0.3, 0.4) is 0 Å². The van der Waals surface area contributed by atoms with Gasteiger partial charge in [0, 0.05) is 18.3 Å². The Morgan fingerprint density at radius 1 is 1.08 bits per heavy atom. The summed E-state index contributed by atoms with van der Waals surface area (Å²) in [6.45, 7) is 4.34. The van der Waals surface area contributed by atoms with E-state index in [1.54, 1.807) is 0 Å². The number of thiol groups is 2. The van der Waals surface area contributed by atoms with Crippen molar-refractivity contribution in [2.24, 2.45) is 28.6 Å². The first kappa shape index (κ1) is 18.5. The molecule has 5 heteroatoms. The first-order valence-electron chi connectivity index (χ1n) is 9.01. The minimum atomic E-state index is -0.407. The van der Waals surface area contributed by atoms with Gasteiger partial charge in [0.15, 0.2) is 5.78 Å². The number of aliphatic hydroxyl groups is 1. The lowest BCUT2D eigenvalue weighted by molar-refractivity contribution is -0.147. The standard InChI is InChI=1S/C19H26O3.H2S2/c1-18-8-7-12(20)9-11(18)3-4-13-14-5-6-16(22)19(14,2)10-15(21)17(13)18;1-2/h9,13-15,17,21H,3-8,10H2,1-2H3;1-2H. The molecule has 0 radical (unpaired) electrons. The van der Waals surface area contributed by atoms with Crippen molar-refractivity contribution in [1.82, 2.24) is 0 Å². The van der Waals surface area contributed by atoms with Crippen molar-refractivity contribution in [2.75, 3.05) is 0 Å². The van der Waals surface area contributed by atoms with Crippen molar-refractivity contribution in [3.63, 3.8) is 0 Å². The van der Waals surface area contributed by atoms with E-state index in [4.69, 9.17) is 0 Å². The summed E-state index contributed by atoms with van der Waals surface area (Å²) in [5.74, 6) is 1.71. The summed E-state index contributed by atoms with van der Waals surface area (Å²) in [6, 6.07) is 0. The van der Waals surface area contributed by atoms with E-state index in [2.05, 4.69) is 37.2 Å². The number of allylic oxidation sites excluding steroid dienone is 1. The molecule has 4 aliphatic rings. The number of hydrogen-bond acceptors (Lipinski definition) is 5. The fourth-order valence-corrected chi connectivity index (χ4v) is 6.46. The van der Waals surface area contributed by atoms with E-state index in [0.29, 0.717) is 36.9 Å². The second kappa shape index (κ2) is 6.48. The summed E-state index contributed by atoms with van der Waals surface area (Å²) in [4.78, 5) is 24.2. The molecule has 24 heavy (non-hydrogen) atoms. The molecule has 0 aliphatic heterocycles. The first-order valence-corrected chi connectivity index (χ1v) is 10.6. The smallest absolute Gasteiger partial charge is 0.155 e. The third-order valence-electron chi connectivity index (χ3n) is 7.61. The average molecular weight is 369 g/mol. The van der Waals surface area contributed by atoms with E-state index in [-0.39, 0.29) is 22.5 Å². The third-order valence-corrected chi connectivity index (χ3v) is 7.61. The van der Waals surface area contributed by atoms with Crippen molar-refractivity contribution < 1.29 is 14.7 Å². The highest BCUT2D eigenvalue weighted by Crippen LogP contribution is 2.64. The molecule has 0 bridgehead atoms. The Balaban J connectivity index is 0.000000815. The Kier molecular flexibility index (Phi) is 5.00. The highest BCUT2D eigenvalue weighted by molar-refractivity contribution is 8.59. The van der Waals surface area contributed by atoms with Crippen molar-refractivity contribution in [3.05, 3.63) is 11.6 Å². The number of ketones is 2. The number of aliphatic hydroxyl groups excluding tert-OH is 1. The fraction of sp³-hybridized carbons (Fsp3) is 0.789. The topological polar surface area (TPSA) is 54.4 Å². The zero-order chi connectivity index (χ0) is 17.7. The number of hydrogen-bond donors (Lipinski definition) is 3. The van der Waals surface area contributed by atoms with Gasteiger partial charge in [-0.3, -0.25) is 9.59 Å². The molecule has 0 saturated heterocycles. The van der Waals surface area contributed by atoms with Gasteiger partial charge in [0.25, 0.3) is 0 Å². The Morgan fingerprint density at radius 2 is 1.79 bits per heavy atom. The van der Waals surface area contributed by atoms with Gasteiger partial charge < -0.3 is 5.11 Å². The van der Waals surface area contributed by atoms with Crippen molar-refractivity contribution in [3.8, 4) is 0 Å². The van der Waals surface area contributed by atoms with Crippen LogP contribution >= 0.6 is 23.3 Å². The van der Waals surface area contributed by atoms with Gasteiger partial charge >= 0.3 is 0 Å². The minimum Gasteiger partial charge on any atom is -0.393 e. The van der Waals surface area contributed by atoms with E-state index in [9.17, 15) is 14.7 Å². The molecule has 3 nitrogen and oxygen atoms in total. The van der Waals surface area contributed by atoms with Gasteiger partial charge in [0.2, 0.25) is 0 Å². The van der Waals surface area contributed by atoms with Crippen molar-refractivity contribution in [1.29, 1.82) is 0 Å². The summed E-state index contributed by atoms with van der Waals surface area (Å²) in [6.07, 6.45) is 7.24. The van der Waals surface area contributed by atoms with Crippen LogP contribution in [0, 0.1) is 28.6 Å². The van der Waals surface area contributed by atoms with E-state index in [1.165, 1.54) is 5.57 Å². The molecule has 0 aromatic rings. The van der Waals surface area contributed by atoms with Gasteiger partial charge in [0.1, 0.15) is 5.78 Å². The quantitative estimate of drug-likeness (QED) is 0.450. The predicted molar refractivity (Wildman–Crippen MR) is 101 cm³/mol. The molecule has 0 aromatic carbocycles. The van der Waals surface area contributed by atoms with Gasteiger partial charge in [-0.05, 0) is 61.3 Å². The summed E-state index contributed by atoms with van der Waals surface area (Å²) in [5, 5.41) is 10.9. The van der Waals surface area contributed by atoms with Crippen LogP contribution in [0.2, 0.25) is 0 Å². The maximum absolute atomic E-state index is 12.4. The highest BCUT2D eigenvalue weighted by Gasteiger charge is 2.61. The Morgan fingerprint density at radius 3 is 2.50 bits per heavy atom. The molecule has 6 atom stereocenters. The molecule has 0 amide bonds. The molecule has 0 heterocycles. The average Bonchev–Trinajstić information content (AvgIpc) is 2.85. The lowest BCUT2D eigenvalue weighted by Gasteiger charge is -2.58. The van der Waals surface area contributed by atoms with E-state index >= 15 is 0 Å². The molecule has 1 N–H and O–H groups in total. The lowest BCUT2D eigenvalue weighted by atomic mass is 9.46. The normalized spacial score (nSPS) is 47.0. The van der Waals surface area contributed by atoms with E-state index < -0.39 is 6.10 Å². The van der Waals surface area contributed by atoms with Gasteiger partial charge in [-0.25, -0.2) is 0 Å². The summed E-state index contributed by atoms with van der Waals surface area (Å²) in [5.41, 5.74) is 0.920. The molecule has 3 saturated carbocycles. The van der Waals surface area contributed by atoms with Gasteiger partial charge in [-0.2, -0.15) is 0 Å². The number of Topliss-reactive ketones (excluding diaryl/α,β-unsaturated/α-hetero) is 1. The first-order chi connectivity index (χ1) is 11.4. The Labute approximate surface area is 154 Å². The zero-order valence-corrected chi connectivity index (χ0v) is 16.3. The maximum Gasteiger partial charge on any atom is 0.155 e. The van der Waals surface area contributed by atoms with Crippen LogP contribution in [0.4, 0.5) is 0 Å². The second-order valence-corrected chi connectivity index (χ2v) is 8.54. The number of fused-ring (bicyclic) bond motifs is 5. The summed E-state index contributed by atoms with van der Waals surface area (Å²) in [7, 11) is 0. The summed E-state index contributed by atoms with van der Waals surface area (Å²) < 4.78 is 0. The lowest BCUT2D eigenvalue weighted by Crippen LogP contribution is -2.56. The molecule has 4 aliphatic carbocycles. The van der Waals surface area contributed by atoms with Gasteiger partial charge in [-0.15, -0.1) is 23.3 Å². The molecule has 3 fully saturated rings. The van der Waals surface area contributed by atoms with Crippen LogP contribution in [0.1, 0.15) is 58.8 Å². The van der Waals surface area contributed by atoms with Gasteiger partial charge in [0.05, 0.1) is 6.10 Å². The van der Waals surface area contributed by atoms with Crippen molar-refractivity contribution in [2.45, 2.75) is 64.9 Å². The third kappa shape index (κ3) is 2.53. The highest BCUT2D eigenvalue weighted by atomic mass is 33.1. The van der Waals surface area contributed by atoms with Crippen LogP contribution < -0.4 is 0 Å². The van der Waals surface area contributed by atoms with Crippen molar-refractivity contribution >= 4 is 34.9 Å². The molecule has 134 valence electrons. The molecular weight excluding hydrogens is 340 g/mol. The molecular formula is C19H28O3S2. The maximum atomic E-state index is 12.4. The molecule has 6 unspecified atom stereocenters. The Bertz CT molecular complexity index is 587. The van der Waals surface area contributed by atoms with Crippen LogP contribution in [0.5, 0.6) is 0 Å².